The molecule has 2 amide bonds. The van der Waals surface area contributed by atoms with E-state index in [4.69, 9.17) is 11.6 Å². The molecule has 1 aromatic heterocycles. The largest absolute Gasteiger partial charge is 0.325 e. The molecule has 2 aliphatic heterocycles. The van der Waals surface area contributed by atoms with Crippen LogP contribution in [0.5, 0.6) is 0 Å². The fourth-order valence-corrected chi connectivity index (χ4v) is 4.10. The first-order valence-electron chi connectivity index (χ1n) is 8.25. The average molecular weight is 383 g/mol. The number of carbonyl (C=O) groups is 2. The summed E-state index contributed by atoms with van der Waals surface area (Å²) in [5.41, 5.74) is 0.801. The van der Waals surface area contributed by atoms with Crippen molar-refractivity contribution in [2.75, 3.05) is 10.6 Å². The number of fused-ring (bicyclic) bond motifs is 4. The van der Waals surface area contributed by atoms with Crippen LogP contribution in [0.25, 0.3) is 5.69 Å². The number of nitrogens with zero attached hydrogens (tertiary/aromatic N) is 2. The Morgan fingerprint density at radius 1 is 1.11 bits per heavy atom. The summed E-state index contributed by atoms with van der Waals surface area (Å²) >= 11 is 6.28. The van der Waals surface area contributed by atoms with Crippen molar-refractivity contribution in [3.05, 3.63) is 70.6 Å². The smallest absolute Gasteiger partial charge is 0.240 e. The first kappa shape index (κ1) is 16.0. The van der Waals surface area contributed by atoms with Crippen molar-refractivity contribution in [1.82, 2.24) is 9.78 Å². The lowest BCUT2D eigenvalue weighted by Gasteiger charge is -2.31. The number of hydrogen-bond acceptors (Lipinski definition) is 3. The summed E-state index contributed by atoms with van der Waals surface area (Å²) in [4.78, 5) is 25.5. The van der Waals surface area contributed by atoms with Gasteiger partial charge in [0.2, 0.25) is 11.8 Å². The maximum atomic E-state index is 13.6. The van der Waals surface area contributed by atoms with E-state index in [-0.39, 0.29) is 18.2 Å². The highest BCUT2D eigenvalue weighted by Crippen LogP contribution is 2.50. The van der Waals surface area contributed by atoms with E-state index in [1.807, 2.05) is 0 Å². The quantitative estimate of drug-likeness (QED) is 0.678. The molecule has 5 rings (SSSR count). The number of anilines is 2. The van der Waals surface area contributed by atoms with Gasteiger partial charge in [-0.05, 0) is 29.8 Å². The second kappa shape index (κ2) is 5.40. The summed E-state index contributed by atoms with van der Waals surface area (Å²) in [5, 5.41) is 10.3. The Balaban J connectivity index is 1.78. The van der Waals surface area contributed by atoms with E-state index < -0.39 is 11.2 Å². The number of rotatable bonds is 1. The van der Waals surface area contributed by atoms with Gasteiger partial charge >= 0.3 is 0 Å². The van der Waals surface area contributed by atoms with E-state index in [1.165, 1.54) is 22.9 Å². The second-order valence-electron chi connectivity index (χ2n) is 6.54. The Bertz CT molecular complexity index is 1140. The topological polar surface area (TPSA) is 76.0 Å². The Hall–Kier alpha value is -3.19. The number of carbonyl (C=O) groups excluding carboxylic acids is 2. The van der Waals surface area contributed by atoms with Gasteiger partial charge in [-0.25, -0.2) is 9.07 Å². The number of amides is 2. The van der Waals surface area contributed by atoms with Crippen LogP contribution >= 0.6 is 11.6 Å². The highest BCUT2D eigenvalue weighted by Gasteiger charge is 2.54. The highest BCUT2D eigenvalue weighted by molar-refractivity contribution is 6.32. The standard InChI is InChI=1S/C19H12ClFN4O2/c20-13-3-1-2-4-15(13)25-17-12(9-22-25)19(8-16(26)24-17)11-6-5-10(21)7-14(11)23-18(19)27/h1-7,9H,8H2,(H,23,27)(H,24,26). The molecule has 0 saturated heterocycles. The van der Waals surface area contributed by atoms with Crippen LogP contribution in [0.1, 0.15) is 17.5 Å². The Kier molecular flexibility index (Phi) is 3.21. The average Bonchev–Trinajstić information content (AvgIpc) is 3.15. The molecular weight excluding hydrogens is 371 g/mol. The van der Waals surface area contributed by atoms with Crippen LogP contribution in [-0.4, -0.2) is 21.6 Å². The lowest BCUT2D eigenvalue weighted by Crippen LogP contribution is -2.43. The lowest BCUT2D eigenvalue weighted by atomic mass is 9.72. The highest BCUT2D eigenvalue weighted by atomic mass is 35.5. The molecule has 1 unspecified atom stereocenters. The molecule has 8 heteroatoms. The summed E-state index contributed by atoms with van der Waals surface area (Å²) in [6, 6.07) is 11.1. The Morgan fingerprint density at radius 2 is 1.93 bits per heavy atom. The van der Waals surface area contributed by atoms with Gasteiger partial charge in [0.1, 0.15) is 17.1 Å². The van der Waals surface area contributed by atoms with Gasteiger partial charge in [0.15, 0.2) is 0 Å². The van der Waals surface area contributed by atoms with Gasteiger partial charge < -0.3 is 10.6 Å². The van der Waals surface area contributed by atoms with Crippen LogP contribution in [0.15, 0.2) is 48.7 Å². The van der Waals surface area contributed by atoms with Crippen LogP contribution in [-0.2, 0) is 15.0 Å². The maximum Gasteiger partial charge on any atom is 0.240 e. The molecule has 0 saturated carbocycles. The van der Waals surface area contributed by atoms with E-state index in [1.54, 1.807) is 30.5 Å². The minimum Gasteiger partial charge on any atom is -0.325 e. The van der Waals surface area contributed by atoms with Crippen molar-refractivity contribution in [2.45, 2.75) is 11.8 Å². The third-order valence-corrected chi connectivity index (χ3v) is 5.39. The Morgan fingerprint density at radius 3 is 2.74 bits per heavy atom. The molecule has 1 atom stereocenters. The zero-order valence-electron chi connectivity index (χ0n) is 13.8. The Labute approximate surface area is 157 Å². The summed E-state index contributed by atoms with van der Waals surface area (Å²) in [6.07, 6.45) is 1.47. The summed E-state index contributed by atoms with van der Waals surface area (Å²) < 4.78 is 15.1. The van der Waals surface area contributed by atoms with Gasteiger partial charge in [-0.3, -0.25) is 9.59 Å². The molecule has 3 aromatic rings. The van der Waals surface area contributed by atoms with Crippen LogP contribution in [0.2, 0.25) is 5.02 Å². The first-order chi connectivity index (χ1) is 13.0. The van der Waals surface area contributed by atoms with Gasteiger partial charge in [0.25, 0.3) is 0 Å². The molecular formula is C19H12ClFN4O2. The van der Waals surface area contributed by atoms with Crippen LogP contribution in [0.4, 0.5) is 15.9 Å². The minimum absolute atomic E-state index is 0.0846. The molecule has 6 nitrogen and oxygen atoms in total. The fourth-order valence-electron chi connectivity index (χ4n) is 3.89. The maximum absolute atomic E-state index is 13.6. The van der Waals surface area contributed by atoms with Crippen molar-refractivity contribution < 1.29 is 14.0 Å². The molecule has 3 heterocycles. The van der Waals surface area contributed by atoms with Gasteiger partial charge in [0.05, 0.1) is 16.9 Å². The normalized spacial score (nSPS) is 20.2. The molecule has 1 spiro atoms. The van der Waals surface area contributed by atoms with Gasteiger partial charge in [-0.2, -0.15) is 5.10 Å². The van der Waals surface area contributed by atoms with E-state index in [0.29, 0.717) is 33.3 Å². The van der Waals surface area contributed by atoms with Crippen molar-refractivity contribution in [1.29, 1.82) is 0 Å². The number of benzene rings is 2. The van der Waals surface area contributed by atoms with Crippen LogP contribution in [0, 0.1) is 5.82 Å². The van der Waals surface area contributed by atoms with E-state index in [0.717, 1.165) is 0 Å². The zero-order valence-corrected chi connectivity index (χ0v) is 14.5. The number of halogens is 2. The molecule has 0 radical (unpaired) electrons. The van der Waals surface area contributed by atoms with Crippen molar-refractivity contribution >= 4 is 34.9 Å². The van der Waals surface area contributed by atoms with Crippen LogP contribution < -0.4 is 10.6 Å². The third kappa shape index (κ3) is 2.09. The molecule has 134 valence electrons. The minimum atomic E-state index is -1.25. The molecule has 0 fully saturated rings. The number of nitrogens with one attached hydrogen (secondary N) is 2. The monoisotopic (exact) mass is 382 g/mol. The lowest BCUT2D eigenvalue weighted by molar-refractivity contribution is -0.125. The number of hydrogen-bond donors (Lipinski definition) is 2. The van der Waals surface area contributed by atoms with Crippen LogP contribution in [0.3, 0.4) is 0 Å². The van der Waals surface area contributed by atoms with E-state index in [2.05, 4.69) is 15.7 Å². The zero-order chi connectivity index (χ0) is 18.8. The fraction of sp³-hybridized carbons (Fsp3) is 0.105. The summed E-state index contributed by atoms with van der Waals surface area (Å²) in [5.74, 6) is -0.786. The number of para-hydroxylation sites is 1. The van der Waals surface area contributed by atoms with E-state index >= 15 is 0 Å². The molecule has 2 aliphatic rings. The second-order valence-corrected chi connectivity index (χ2v) is 6.95. The van der Waals surface area contributed by atoms with Crippen molar-refractivity contribution in [3.8, 4) is 5.69 Å². The predicted molar refractivity (Wildman–Crippen MR) is 97.6 cm³/mol. The molecule has 0 bridgehead atoms. The van der Waals surface area contributed by atoms with Crippen molar-refractivity contribution in [2.24, 2.45) is 0 Å². The molecule has 2 N–H and O–H groups in total. The SMILES string of the molecule is O=C1CC2(C(=O)Nc3cc(F)ccc32)c2cnn(-c3ccccc3Cl)c2N1. The number of aromatic nitrogens is 2. The van der Waals surface area contributed by atoms with Gasteiger partial charge in [-0.1, -0.05) is 29.8 Å². The van der Waals surface area contributed by atoms with Gasteiger partial charge in [0, 0.05) is 17.7 Å². The molecule has 0 aliphatic carbocycles. The molecule has 2 aromatic carbocycles. The molecule has 27 heavy (non-hydrogen) atoms. The first-order valence-corrected chi connectivity index (χ1v) is 8.63. The summed E-state index contributed by atoms with van der Waals surface area (Å²) in [6.45, 7) is 0. The predicted octanol–water partition coefficient (Wildman–Crippen LogP) is 3.25. The van der Waals surface area contributed by atoms with Crippen molar-refractivity contribution in [3.63, 3.8) is 0 Å². The third-order valence-electron chi connectivity index (χ3n) is 5.07. The van der Waals surface area contributed by atoms with Gasteiger partial charge in [-0.15, -0.1) is 0 Å². The van der Waals surface area contributed by atoms with E-state index in [9.17, 15) is 14.0 Å². The summed E-state index contributed by atoms with van der Waals surface area (Å²) in [7, 11) is 0.